The van der Waals surface area contributed by atoms with Gasteiger partial charge in [0.2, 0.25) is 0 Å². The molecule has 1 aromatic heterocycles. The fraction of sp³-hybridized carbons (Fsp3) is 0.778. The molecule has 2 heterocycles. The van der Waals surface area contributed by atoms with Gasteiger partial charge in [-0.1, -0.05) is 0 Å². The fourth-order valence-electron chi connectivity index (χ4n) is 1.84. The third kappa shape index (κ3) is 3.02. The number of nitrogens with one attached hydrogen (secondary N) is 1. The molecule has 6 nitrogen and oxygen atoms in total. The summed E-state index contributed by atoms with van der Waals surface area (Å²) in [6, 6.07) is 0.105. The van der Waals surface area contributed by atoms with Crippen molar-refractivity contribution in [1.82, 2.24) is 20.1 Å². The van der Waals surface area contributed by atoms with E-state index in [1.807, 2.05) is 7.05 Å². The molecule has 1 unspecified atom stereocenters. The molecule has 90 valence electrons. The Morgan fingerprint density at radius 1 is 1.62 bits per heavy atom. The van der Waals surface area contributed by atoms with E-state index in [1.54, 1.807) is 11.0 Å². The maximum absolute atomic E-state index is 11.2. The molecule has 0 saturated carbocycles. The summed E-state index contributed by atoms with van der Waals surface area (Å²) in [4.78, 5) is 4.10. The van der Waals surface area contributed by atoms with Gasteiger partial charge in [-0.3, -0.25) is 4.68 Å². The predicted octanol–water partition coefficient (Wildman–Crippen LogP) is -0.866. The molecule has 1 saturated heterocycles. The standard InChI is InChI=1S/C9H16N4O2S/c1-13-7-11-9(12-13)2-4-10-8-3-5-16(14,15)6-8/h7-8,10H,2-6H2,1H3. The molecule has 0 spiro atoms. The second-order valence-corrected chi connectivity index (χ2v) is 6.37. The van der Waals surface area contributed by atoms with Crippen molar-refractivity contribution in [2.45, 2.75) is 18.9 Å². The van der Waals surface area contributed by atoms with Crippen LogP contribution in [-0.2, 0) is 23.3 Å². The van der Waals surface area contributed by atoms with Gasteiger partial charge in [0.1, 0.15) is 6.33 Å². The summed E-state index contributed by atoms with van der Waals surface area (Å²) in [5, 5.41) is 7.38. The Labute approximate surface area is 95.0 Å². The van der Waals surface area contributed by atoms with Crippen LogP contribution in [0.15, 0.2) is 6.33 Å². The first-order chi connectivity index (χ1) is 7.55. The Kier molecular flexibility index (Phi) is 3.25. The van der Waals surface area contributed by atoms with E-state index in [4.69, 9.17) is 0 Å². The Balaban J connectivity index is 1.73. The lowest BCUT2D eigenvalue weighted by Gasteiger charge is -2.08. The third-order valence-electron chi connectivity index (χ3n) is 2.66. The largest absolute Gasteiger partial charge is 0.312 e. The molecule has 0 aromatic carbocycles. The molecule has 1 aliphatic heterocycles. The highest BCUT2D eigenvalue weighted by molar-refractivity contribution is 7.91. The van der Waals surface area contributed by atoms with Crippen molar-refractivity contribution >= 4 is 9.84 Å². The molecule has 1 aromatic rings. The van der Waals surface area contributed by atoms with Crippen molar-refractivity contribution in [1.29, 1.82) is 0 Å². The van der Waals surface area contributed by atoms with Crippen molar-refractivity contribution in [3.8, 4) is 0 Å². The van der Waals surface area contributed by atoms with Crippen LogP contribution in [0.2, 0.25) is 0 Å². The molecule has 1 N–H and O–H groups in total. The molecule has 1 aliphatic rings. The maximum atomic E-state index is 11.2. The van der Waals surface area contributed by atoms with Crippen LogP contribution >= 0.6 is 0 Å². The van der Waals surface area contributed by atoms with Gasteiger partial charge in [0.15, 0.2) is 15.7 Å². The highest BCUT2D eigenvalue weighted by Gasteiger charge is 2.27. The van der Waals surface area contributed by atoms with Crippen LogP contribution in [0.3, 0.4) is 0 Å². The lowest BCUT2D eigenvalue weighted by molar-refractivity contribution is 0.550. The molecule has 1 fully saturated rings. The molecular weight excluding hydrogens is 228 g/mol. The number of hydrogen-bond acceptors (Lipinski definition) is 5. The van der Waals surface area contributed by atoms with Crippen LogP contribution in [0.5, 0.6) is 0 Å². The van der Waals surface area contributed by atoms with E-state index in [1.165, 1.54) is 0 Å². The topological polar surface area (TPSA) is 76.9 Å². The van der Waals surface area contributed by atoms with Gasteiger partial charge in [-0.25, -0.2) is 13.4 Å². The molecule has 0 radical (unpaired) electrons. The summed E-state index contributed by atoms with van der Waals surface area (Å²) in [5.41, 5.74) is 0. The Bertz CT molecular complexity index is 454. The van der Waals surface area contributed by atoms with E-state index in [9.17, 15) is 8.42 Å². The van der Waals surface area contributed by atoms with Crippen molar-refractivity contribution in [3.05, 3.63) is 12.2 Å². The van der Waals surface area contributed by atoms with Crippen LogP contribution in [-0.4, -0.2) is 47.3 Å². The van der Waals surface area contributed by atoms with Gasteiger partial charge in [-0.15, -0.1) is 0 Å². The first kappa shape index (κ1) is 11.5. The van der Waals surface area contributed by atoms with E-state index >= 15 is 0 Å². The number of hydrogen-bond donors (Lipinski definition) is 1. The number of aryl methyl sites for hydroxylation is 1. The monoisotopic (exact) mass is 244 g/mol. The summed E-state index contributed by atoms with van der Waals surface area (Å²) in [5.74, 6) is 1.37. The molecule has 0 bridgehead atoms. The van der Waals surface area contributed by atoms with Crippen molar-refractivity contribution in [2.24, 2.45) is 7.05 Å². The highest BCUT2D eigenvalue weighted by Crippen LogP contribution is 2.10. The highest BCUT2D eigenvalue weighted by atomic mass is 32.2. The second kappa shape index (κ2) is 4.50. The van der Waals surface area contributed by atoms with Crippen LogP contribution < -0.4 is 5.32 Å². The second-order valence-electron chi connectivity index (χ2n) is 4.14. The van der Waals surface area contributed by atoms with Gasteiger partial charge in [0.05, 0.1) is 11.5 Å². The van der Waals surface area contributed by atoms with Gasteiger partial charge >= 0.3 is 0 Å². The van der Waals surface area contributed by atoms with Crippen LogP contribution in [0, 0.1) is 0 Å². The first-order valence-corrected chi connectivity index (χ1v) is 7.16. The average Bonchev–Trinajstić information content (AvgIpc) is 2.73. The molecule has 16 heavy (non-hydrogen) atoms. The van der Waals surface area contributed by atoms with E-state index in [-0.39, 0.29) is 11.8 Å². The smallest absolute Gasteiger partial charge is 0.151 e. The molecule has 7 heteroatoms. The number of sulfone groups is 1. The lowest BCUT2D eigenvalue weighted by atomic mass is 10.2. The van der Waals surface area contributed by atoms with E-state index in [0.29, 0.717) is 5.75 Å². The minimum atomic E-state index is -2.78. The summed E-state index contributed by atoms with van der Waals surface area (Å²) in [6.07, 6.45) is 3.12. The van der Waals surface area contributed by atoms with E-state index < -0.39 is 9.84 Å². The molecule has 1 atom stereocenters. The SMILES string of the molecule is Cn1cnc(CCNC2CCS(=O)(=O)C2)n1. The van der Waals surface area contributed by atoms with Gasteiger partial charge in [-0.05, 0) is 6.42 Å². The minimum absolute atomic E-state index is 0.105. The van der Waals surface area contributed by atoms with Crippen molar-refractivity contribution < 1.29 is 8.42 Å². The Morgan fingerprint density at radius 2 is 2.44 bits per heavy atom. The van der Waals surface area contributed by atoms with Crippen LogP contribution in [0.4, 0.5) is 0 Å². The third-order valence-corrected chi connectivity index (χ3v) is 4.43. The zero-order valence-corrected chi connectivity index (χ0v) is 10.1. The van der Waals surface area contributed by atoms with Gasteiger partial charge in [0.25, 0.3) is 0 Å². The molecule has 0 amide bonds. The number of nitrogens with zero attached hydrogens (tertiary/aromatic N) is 3. The van der Waals surface area contributed by atoms with Crippen molar-refractivity contribution in [2.75, 3.05) is 18.1 Å². The summed E-state index contributed by atoms with van der Waals surface area (Å²) >= 11 is 0. The number of aromatic nitrogens is 3. The summed E-state index contributed by atoms with van der Waals surface area (Å²) in [7, 11) is -0.957. The Morgan fingerprint density at radius 3 is 3.00 bits per heavy atom. The predicted molar refractivity (Wildman–Crippen MR) is 59.8 cm³/mol. The van der Waals surface area contributed by atoms with Crippen LogP contribution in [0.1, 0.15) is 12.2 Å². The van der Waals surface area contributed by atoms with Gasteiger partial charge in [-0.2, -0.15) is 5.10 Å². The Hall–Kier alpha value is -0.950. The van der Waals surface area contributed by atoms with Crippen LogP contribution in [0.25, 0.3) is 0 Å². The summed E-state index contributed by atoms with van der Waals surface area (Å²) < 4.78 is 24.1. The fourth-order valence-corrected chi connectivity index (χ4v) is 3.55. The number of rotatable bonds is 4. The van der Waals surface area contributed by atoms with Gasteiger partial charge in [0, 0.05) is 26.1 Å². The first-order valence-electron chi connectivity index (χ1n) is 5.33. The zero-order valence-electron chi connectivity index (χ0n) is 9.26. The summed E-state index contributed by atoms with van der Waals surface area (Å²) in [6.45, 7) is 0.726. The average molecular weight is 244 g/mol. The quantitative estimate of drug-likeness (QED) is 0.745. The normalized spacial score (nSPS) is 23.7. The minimum Gasteiger partial charge on any atom is -0.312 e. The molecule has 0 aliphatic carbocycles. The van der Waals surface area contributed by atoms with Gasteiger partial charge < -0.3 is 5.32 Å². The van der Waals surface area contributed by atoms with Crippen molar-refractivity contribution in [3.63, 3.8) is 0 Å². The molecular formula is C9H16N4O2S. The lowest BCUT2D eigenvalue weighted by Crippen LogP contribution is -2.31. The maximum Gasteiger partial charge on any atom is 0.151 e. The van der Waals surface area contributed by atoms with E-state index in [0.717, 1.165) is 25.2 Å². The zero-order chi connectivity index (χ0) is 11.6. The molecule has 2 rings (SSSR count). The van der Waals surface area contributed by atoms with E-state index in [2.05, 4.69) is 15.4 Å².